The van der Waals surface area contributed by atoms with Crippen LogP contribution in [-0.4, -0.2) is 13.7 Å². The molecule has 0 N–H and O–H groups in total. The second kappa shape index (κ2) is 5.29. The monoisotopic (exact) mass is 319 g/mol. The molecule has 0 aromatic heterocycles. The van der Waals surface area contributed by atoms with Crippen LogP contribution in [0.1, 0.15) is 36.6 Å². The van der Waals surface area contributed by atoms with E-state index in [-0.39, 0.29) is 17.4 Å². The fraction of sp³-hybridized carbons (Fsp3) is 0.333. The summed E-state index contributed by atoms with van der Waals surface area (Å²) in [6, 6.07) is 14.5. The Balaban J connectivity index is 1.95. The zero-order valence-corrected chi connectivity index (χ0v) is 14.2. The molecule has 2 atom stereocenters. The van der Waals surface area contributed by atoms with E-state index in [9.17, 15) is 0 Å². The fourth-order valence-corrected chi connectivity index (χ4v) is 4.13. The van der Waals surface area contributed by atoms with E-state index in [0.717, 1.165) is 17.0 Å². The minimum Gasteiger partial charge on any atom is -0.493 e. The van der Waals surface area contributed by atoms with Crippen molar-refractivity contribution in [2.24, 2.45) is 5.92 Å². The van der Waals surface area contributed by atoms with Gasteiger partial charge >= 0.3 is 0 Å². The number of nitrogens with zero attached hydrogens (tertiary/aromatic N) is 1. The quantitative estimate of drug-likeness (QED) is 0.739. The molecule has 0 saturated heterocycles. The van der Waals surface area contributed by atoms with Crippen LogP contribution in [0.5, 0.6) is 5.75 Å². The van der Waals surface area contributed by atoms with E-state index in [2.05, 4.69) is 44.0 Å². The summed E-state index contributed by atoms with van der Waals surface area (Å²) in [5.74, 6) is 3.96. The third-order valence-electron chi connectivity index (χ3n) is 5.51. The number of terminal acetylenes is 1. The first-order chi connectivity index (χ1) is 11.6. The number of anilines is 1. The van der Waals surface area contributed by atoms with Crippen LogP contribution in [-0.2, 0) is 10.3 Å². The highest BCUT2D eigenvalue weighted by atomic mass is 16.7. The molecule has 0 saturated carbocycles. The number of rotatable bonds is 1. The van der Waals surface area contributed by atoms with Crippen molar-refractivity contribution in [3.63, 3.8) is 0 Å². The van der Waals surface area contributed by atoms with Crippen molar-refractivity contribution in [3.8, 4) is 18.1 Å². The highest BCUT2D eigenvalue weighted by molar-refractivity contribution is 5.63. The van der Waals surface area contributed by atoms with Crippen molar-refractivity contribution in [1.29, 1.82) is 0 Å². The summed E-state index contributed by atoms with van der Waals surface area (Å²) in [6.45, 7) is 5.20. The summed E-state index contributed by atoms with van der Waals surface area (Å²) in [5, 5.41) is 2.02. The van der Waals surface area contributed by atoms with Gasteiger partial charge in [0.2, 0.25) is 0 Å². The second-order valence-electron chi connectivity index (χ2n) is 7.01. The summed E-state index contributed by atoms with van der Waals surface area (Å²) in [5.41, 5.74) is 4.29. The van der Waals surface area contributed by atoms with Crippen LogP contribution in [0.2, 0.25) is 0 Å². The average Bonchev–Trinajstić information content (AvgIpc) is 2.61. The summed E-state index contributed by atoms with van der Waals surface area (Å²) < 4.78 is 6.07. The summed E-state index contributed by atoms with van der Waals surface area (Å²) in [4.78, 5) is 5.84. The number of para-hydroxylation sites is 1. The molecule has 2 aromatic rings. The van der Waals surface area contributed by atoms with Crippen LogP contribution in [0.4, 0.5) is 5.69 Å². The molecule has 2 heterocycles. The minimum atomic E-state index is -0.0740. The van der Waals surface area contributed by atoms with E-state index in [4.69, 9.17) is 16.0 Å². The van der Waals surface area contributed by atoms with Crippen LogP contribution in [0, 0.1) is 18.3 Å². The van der Waals surface area contributed by atoms with Crippen molar-refractivity contribution in [1.82, 2.24) is 0 Å². The van der Waals surface area contributed by atoms with Crippen molar-refractivity contribution >= 4 is 5.69 Å². The molecular weight excluding hydrogens is 298 g/mol. The lowest BCUT2D eigenvalue weighted by Gasteiger charge is -2.52. The normalized spacial score (nSPS) is 23.3. The SMILES string of the molecule is C#Cc1ccc2c(c1)C(C)(C)[C@H]1COc3ccccc3[C@H]1N2OC. The van der Waals surface area contributed by atoms with Crippen molar-refractivity contribution in [2.75, 3.05) is 18.8 Å². The van der Waals surface area contributed by atoms with Gasteiger partial charge in [0, 0.05) is 22.5 Å². The van der Waals surface area contributed by atoms with Crippen molar-refractivity contribution < 1.29 is 9.57 Å². The third kappa shape index (κ3) is 1.96. The van der Waals surface area contributed by atoms with Gasteiger partial charge in [0.25, 0.3) is 0 Å². The standard InChI is InChI=1S/C21H21NO2/c1-5-14-10-11-18-16(12-14)21(2,3)17-13-24-19-9-7-6-8-15(19)20(17)22(18)23-4/h1,6-12,17,20H,13H2,2-4H3/t17-,20+/m0/s1. The average molecular weight is 319 g/mol. The largest absolute Gasteiger partial charge is 0.493 e. The van der Waals surface area contributed by atoms with Gasteiger partial charge in [0.1, 0.15) is 5.75 Å². The Morgan fingerprint density at radius 3 is 2.79 bits per heavy atom. The van der Waals surface area contributed by atoms with Crippen LogP contribution >= 0.6 is 0 Å². The smallest absolute Gasteiger partial charge is 0.124 e. The van der Waals surface area contributed by atoms with E-state index in [1.807, 2.05) is 23.3 Å². The van der Waals surface area contributed by atoms with Gasteiger partial charge in [0.05, 0.1) is 25.4 Å². The Bertz CT molecular complexity index is 834. The molecule has 3 nitrogen and oxygen atoms in total. The molecule has 122 valence electrons. The highest BCUT2D eigenvalue weighted by Gasteiger charge is 2.50. The molecular formula is C21H21NO2. The molecule has 0 spiro atoms. The molecule has 0 amide bonds. The Morgan fingerprint density at radius 2 is 2.04 bits per heavy atom. The second-order valence-corrected chi connectivity index (χ2v) is 7.01. The predicted octanol–water partition coefficient (Wildman–Crippen LogP) is 4.08. The highest BCUT2D eigenvalue weighted by Crippen LogP contribution is 2.55. The number of fused-ring (bicyclic) bond motifs is 4. The molecule has 2 aliphatic rings. The zero-order valence-electron chi connectivity index (χ0n) is 14.2. The van der Waals surface area contributed by atoms with Crippen LogP contribution in [0.25, 0.3) is 0 Å². The molecule has 24 heavy (non-hydrogen) atoms. The lowest BCUT2D eigenvalue weighted by molar-refractivity contribution is 0.0441. The zero-order chi connectivity index (χ0) is 16.9. The van der Waals surface area contributed by atoms with Crippen LogP contribution < -0.4 is 9.80 Å². The molecule has 0 radical (unpaired) electrons. The topological polar surface area (TPSA) is 21.7 Å². The van der Waals surface area contributed by atoms with Crippen LogP contribution in [0.15, 0.2) is 42.5 Å². The van der Waals surface area contributed by atoms with Gasteiger partial charge in [-0.1, -0.05) is 38.0 Å². The van der Waals surface area contributed by atoms with E-state index >= 15 is 0 Å². The number of benzene rings is 2. The van der Waals surface area contributed by atoms with E-state index in [1.165, 1.54) is 11.1 Å². The van der Waals surface area contributed by atoms with Gasteiger partial charge in [-0.05, 0) is 29.8 Å². The van der Waals surface area contributed by atoms with E-state index in [1.54, 1.807) is 7.11 Å². The maximum absolute atomic E-state index is 6.07. The number of hydrogen-bond acceptors (Lipinski definition) is 3. The Labute approximate surface area is 143 Å². The van der Waals surface area contributed by atoms with Gasteiger partial charge in [-0.15, -0.1) is 6.42 Å². The molecule has 0 unspecified atom stereocenters. The summed E-state index contributed by atoms with van der Waals surface area (Å²) in [7, 11) is 1.73. The third-order valence-corrected chi connectivity index (χ3v) is 5.51. The molecule has 0 bridgehead atoms. The number of hydrogen-bond donors (Lipinski definition) is 0. The number of hydroxylamine groups is 1. The van der Waals surface area contributed by atoms with Gasteiger partial charge in [0.15, 0.2) is 0 Å². The van der Waals surface area contributed by atoms with Gasteiger partial charge in [-0.2, -0.15) is 0 Å². The van der Waals surface area contributed by atoms with Crippen LogP contribution in [0.3, 0.4) is 0 Å². The van der Waals surface area contributed by atoms with E-state index < -0.39 is 0 Å². The Hall–Kier alpha value is -2.44. The molecule has 2 aromatic carbocycles. The van der Waals surface area contributed by atoms with Gasteiger partial charge < -0.3 is 4.74 Å². The molecule has 0 aliphatic carbocycles. The Kier molecular flexibility index (Phi) is 3.33. The first-order valence-corrected chi connectivity index (χ1v) is 8.24. The summed E-state index contributed by atoms with van der Waals surface area (Å²) in [6.07, 6.45) is 5.61. The van der Waals surface area contributed by atoms with E-state index in [0.29, 0.717) is 6.61 Å². The van der Waals surface area contributed by atoms with Crippen molar-refractivity contribution in [2.45, 2.75) is 25.3 Å². The molecule has 2 aliphatic heterocycles. The summed E-state index contributed by atoms with van der Waals surface area (Å²) >= 11 is 0. The lowest BCUT2D eigenvalue weighted by atomic mass is 9.65. The van der Waals surface area contributed by atoms with Gasteiger partial charge in [-0.25, -0.2) is 5.06 Å². The first-order valence-electron chi connectivity index (χ1n) is 8.24. The molecule has 4 rings (SSSR count). The fourth-order valence-electron chi connectivity index (χ4n) is 4.13. The number of ether oxygens (including phenoxy) is 1. The first kappa shape index (κ1) is 15.1. The minimum absolute atomic E-state index is 0.0740. The maximum Gasteiger partial charge on any atom is 0.124 e. The van der Waals surface area contributed by atoms with Crippen molar-refractivity contribution in [3.05, 3.63) is 59.2 Å². The predicted molar refractivity (Wildman–Crippen MR) is 95.1 cm³/mol. The lowest BCUT2D eigenvalue weighted by Crippen LogP contribution is -2.51. The molecule has 3 heteroatoms. The Morgan fingerprint density at radius 1 is 1.25 bits per heavy atom. The maximum atomic E-state index is 6.07. The molecule has 0 fully saturated rings. The van der Waals surface area contributed by atoms with Gasteiger partial charge in [-0.3, -0.25) is 4.84 Å².